The lowest BCUT2D eigenvalue weighted by Gasteiger charge is -2.31. The molecule has 2 aromatic rings. The summed E-state index contributed by atoms with van der Waals surface area (Å²) in [5.74, 6) is 6.28. The Labute approximate surface area is 164 Å². The van der Waals surface area contributed by atoms with Crippen LogP contribution in [-0.4, -0.2) is 39.8 Å². The monoisotopic (exact) mass is 377 g/mol. The molecule has 1 atom stereocenters. The van der Waals surface area contributed by atoms with E-state index in [-0.39, 0.29) is 24.3 Å². The van der Waals surface area contributed by atoms with E-state index in [0.717, 1.165) is 24.9 Å². The van der Waals surface area contributed by atoms with Crippen molar-refractivity contribution in [1.29, 1.82) is 5.26 Å². The first-order valence-electron chi connectivity index (χ1n) is 9.23. The smallest absolute Gasteiger partial charge is 0.289 e. The Morgan fingerprint density at radius 3 is 2.96 bits per heavy atom. The predicted molar refractivity (Wildman–Crippen MR) is 105 cm³/mol. The molecule has 0 radical (unpaired) electrons. The zero-order valence-electron chi connectivity index (χ0n) is 15.9. The quantitative estimate of drug-likeness (QED) is 0.753. The SMILES string of the molecule is CC#CCn1c(C(=O)NCc2ccccc2C#N)nnc1N1CCCC(N)C1. The maximum atomic E-state index is 12.8. The minimum atomic E-state index is -0.356. The van der Waals surface area contributed by atoms with Crippen LogP contribution >= 0.6 is 0 Å². The molecule has 2 heterocycles. The number of piperidine rings is 1. The van der Waals surface area contributed by atoms with E-state index >= 15 is 0 Å². The van der Waals surface area contributed by atoms with Crippen LogP contribution in [-0.2, 0) is 13.1 Å². The average Bonchev–Trinajstić information content (AvgIpc) is 3.14. The molecule has 1 aliphatic heterocycles. The number of amides is 1. The summed E-state index contributed by atoms with van der Waals surface area (Å²) in [6.07, 6.45) is 1.95. The van der Waals surface area contributed by atoms with E-state index in [1.54, 1.807) is 23.6 Å². The fourth-order valence-corrected chi connectivity index (χ4v) is 3.23. The number of nitrogens with two attached hydrogens (primary N) is 1. The number of benzene rings is 1. The van der Waals surface area contributed by atoms with Crippen LogP contribution in [0, 0.1) is 23.2 Å². The van der Waals surface area contributed by atoms with Crippen LogP contribution in [0.4, 0.5) is 5.95 Å². The van der Waals surface area contributed by atoms with Gasteiger partial charge in [0.15, 0.2) is 0 Å². The molecular weight excluding hydrogens is 354 g/mol. The second kappa shape index (κ2) is 9.03. The molecule has 1 aliphatic rings. The number of aromatic nitrogens is 3. The van der Waals surface area contributed by atoms with Crippen molar-refractivity contribution in [1.82, 2.24) is 20.1 Å². The highest BCUT2D eigenvalue weighted by Crippen LogP contribution is 2.19. The number of nitriles is 1. The molecule has 0 bridgehead atoms. The van der Waals surface area contributed by atoms with Crippen LogP contribution < -0.4 is 16.0 Å². The molecule has 1 amide bonds. The summed E-state index contributed by atoms with van der Waals surface area (Å²) in [7, 11) is 0. The number of nitrogens with one attached hydrogen (secondary N) is 1. The summed E-state index contributed by atoms with van der Waals surface area (Å²) in [4.78, 5) is 14.8. The van der Waals surface area contributed by atoms with Crippen molar-refractivity contribution in [2.75, 3.05) is 18.0 Å². The van der Waals surface area contributed by atoms with Gasteiger partial charge in [-0.3, -0.25) is 9.36 Å². The van der Waals surface area contributed by atoms with Crippen molar-refractivity contribution >= 4 is 11.9 Å². The lowest BCUT2D eigenvalue weighted by molar-refractivity contribution is 0.0936. The Hall–Kier alpha value is -3.36. The molecule has 1 saturated heterocycles. The third-order valence-electron chi connectivity index (χ3n) is 4.67. The normalized spacial score (nSPS) is 16.0. The van der Waals surface area contributed by atoms with Gasteiger partial charge >= 0.3 is 0 Å². The van der Waals surface area contributed by atoms with Crippen LogP contribution in [0.25, 0.3) is 0 Å². The molecule has 3 rings (SSSR count). The summed E-state index contributed by atoms with van der Waals surface area (Å²) in [5.41, 5.74) is 7.37. The second-order valence-corrected chi connectivity index (χ2v) is 6.64. The van der Waals surface area contributed by atoms with E-state index in [1.807, 2.05) is 12.1 Å². The summed E-state index contributed by atoms with van der Waals surface area (Å²) in [6, 6.07) is 9.36. The molecular formula is C20H23N7O. The van der Waals surface area contributed by atoms with Gasteiger partial charge in [0.25, 0.3) is 5.91 Å². The Bertz CT molecular complexity index is 947. The first kappa shape index (κ1) is 19.4. The average molecular weight is 377 g/mol. The minimum Gasteiger partial charge on any atom is -0.345 e. The van der Waals surface area contributed by atoms with Gasteiger partial charge in [-0.1, -0.05) is 24.1 Å². The van der Waals surface area contributed by atoms with Gasteiger partial charge in [0.05, 0.1) is 18.2 Å². The van der Waals surface area contributed by atoms with Crippen LogP contribution in [0.3, 0.4) is 0 Å². The molecule has 8 heteroatoms. The number of hydrogen-bond acceptors (Lipinski definition) is 6. The Kier molecular flexibility index (Phi) is 6.25. The van der Waals surface area contributed by atoms with Crippen molar-refractivity contribution in [3.63, 3.8) is 0 Å². The molecule has 1 aromatic carbocycles. The summed E-state index contributed by atoms with van der Waals surface area (Å²) < 4.78 is 1.72. The minimum absolute atomic E-state index is 0.0796. The van der Waals surface area contributed by atoms with E-state index in [0.29, 0.717) is 24.6 Å². The third-order valence-corrected chi connectivity index (χ3v) is 4.67. The molecule has 0 saturated carbocycles. The highest BCUT2D eigenvalue weighted by atomic mass is 16.2. The van der Waals surface area contributed by atoms with Gasteiger partial charge in [-0.2, -0.15) is 5.26 Å². The first-order chi connectivity index (χ1) is 13.6. The van der Waals surface area contributed by atoms with Gasteiger partial charge in [0.1, 0.15) is 0 Å². The number of rotatable bonds is 5. The largest absolute Gasteiger partial charge is 0.345 e. The highest BCUT2D eigenvalue weighted by molar-refractivity contribution is 5.91. The fraction of sp³-hybridized carbons (Fsp3) is 0.400. The lowest BCUT2D eigenvalue weighted by Crippen LogP contribution is -2.44. The fourth-order valence-electron chi connectivity index (χ4n) is 3.23. The molecule has 0 spiro atoms. The summed E-state index contributed by atoms with van der Waals surface area (Å²) >= 11 is 0. The first-order valence-corrected chi connectivity index (χ1v) is 9.23. The van der Waals surface area contributed by atoms with Gasteiger partial charge < -0.3 is 16.0 Å². The lowest BCUT2D eigenvalue weighted by atomic mass is 10.1. The van der Waals surface area contributed by atoms with Gasteiger partial charge in [-0.25, -0.2) is 0 Å². The Balaban J connectivity index is 1.81. The molecule has 1 aromatic heterocycles. The molecule has 1 fully saturated rings. The molecule has 0 aliphatic carbocycles. The highest BCUT2D eigenvalue weighted by Gasteiger charge is 2.25. The van der Waals surface area contributed by atoms with Crippen LogP contribution in [0.1, 0.15) is 41.5 Å². The molecule has 28 heavy (non-hydrogen) atoms. The van der Waals surface area contributed by atoms with E-state index in [4.69, 9.17) is 5.73 Å². The van der Waals surface area contributed by atoms with Gasteiger partial charge in [0, 0.05) is 25.7 Å². The number of nitrogens with zero attached hydrogens (tertiary/aromatic N) is 5. The standard InChI is InChI=1S/C20H23N7O/c1-2-3-11-27-18(24-25-20(27)26-10-6-9-17(22)14-26)19(28)23-13-16-8-5-4-7-15(16)12-21/h4-5,7-8,17H,6,9-11,13-14,22H2,1H3,(H,23,28). The maximum Gasteiger partial charge on any atom is 0.289 e. The molecule has 144 valence electrons. The van der Waals surface area contributed by atoms with Crippen molar-refractivity contribution in [3.8, 4) is 17.9 Å². The Morgan fingerprint density at radius 1 is 1.39 bits per heavy atom. The van der Waals surface area contributed by atoms with E-state index < -0.39 is 0 Å². The van der Waals surface area contributed by atoms with E-state index in [2.05, 4.69) is 38.3 Å². The topological polar surface area (TPSA) is 113 Å². The summed E-state index contributed by atoms with van der Waals surface area (Å²) in [6.45, 7) is 3.80. The van der Waals surface area contributed by atoms with Crippen molar-refractivity contribution in [2.45, 2.75) is 38.9 Å². The summed E-state index contributed by atoms with van der Waals surface area (Å²) in [5, 5.41) is 20.4. The van der Waals surface area contributed by atoms with Crippen molar-refractivity contribution < 1.29 is 4.79 Å². The molecule has 1 unspecified atom stereocenters. The third kappa shape index (κ3) is 4.30. The Morgan fingerprint density at radius 2 is 2.21 bits per heavy atom. The van der Waals surface area contributed by atoms with Gasteiger partial charge in [-0.05, 0) is 31.4 Å². The zero-order chi connectivity index (χ0) is 19.9. The van der Waals surface area contributed by atoms with Crippen molar-refractivity contribution in [3.05, 3.63) is 41.2 Å². The number of hydrogen-bond donors (Lipinski definition) is 2. The predicted octanol–water partition coefficient (Wildman–Crippen LogP) is 1.03. The van der Waals surface area contributed by atoms with Crippen LogP contribution in [0.2, 0.25) is 0 Å². The second-order valence-electron chi connectivity index (χ2n) is 6.64. The van der Waals surface area contributed by atoms with Gasteiger partial charge in [-0.15, -0.1) is 16.1 Å². The molecule has 8 nitrogen and oxygen atoms in total. The van der Waals surface area contributed by atoms with E-state index in [1.165, 1.54) is 0 Å². The van der Waals surface area contributed by atoms with Gasteiger partial charge in [0.2, 0.25) is 11.8 Å². The van der Waals surface area contributed by atoms with Crippen LogP contribution in [0.15, 0.2) is 24.3 Å². The number of carbonyl (C=O) groups excluding carboxylic acids is 1. The number of anilines is 1. The maximum absolute atomic E-state index is 12.8. The number of carbonyl (C=O) groups is 1. The van der Waals surface area contributed by atoms with Crippen molar-refractivity contribution in [2.24, 2.45) is 5.73 Å². The zero-order valence-corrected chi connectivity index (χ0v) is 15.9. The van der Waals surface area contributed by atoms with E-state index in [9.17, 15) is 10.1 Å². The van der Waals surface area contributed by atoms with Crippen LogP contribution in [0.5, 0.6) is 0 Å². The molecule has 3 N–H and O–H groups in total.